The molecule has 1 aliphatic carbocycles. The van der Waals surface area contributed by atoms with E-state index in [4.69, 9.17) is 49.0 Å². The van der Waals surface area contributed by atoms with Gasteiger partial charge in [0.05, 0.1) is 6.04 Å². The molecule has 0 bridgehead atoms. The zero-order valence-corrected chi connectivity index (χ0v) is 15.3. The SMILES string of the molecule is CC(=O)O[C@@H]1[C@H](OC(C)=O)[C@H](NC(=O)C(Cl)(Cl)Cl)C[C@@H]1OC(C)=O. The van der Waals surface area contributed by atoms with Gasteiger partial charge in [0.15, 0.2) is 12.2 Å². The lowest BCUT2D eigenvalue weighted by molar-refractivity contribution is -0.175. The molecule has 1 saturated carbocycles. The summed E-state index contributed by atoms with van der Waals surface area (Å²) >= 11 is 16.5. The number of carbonyl (C=O) groups excluding carboxylic acids is 4. The first-order valence-corrected chi connectivity index (χ1v) is 7.94. The highest BCUT2D eigenvalue weighted by Gasteiger charge is 2.51. The van der Waals surface area contributed by atoms with Gasteiger partial charge in [0.25, 0.3) is 9.70 Å². The van der Waals surface area contributed by atoms with Gasteiger partial charge in [-0.3, -0.25) is 19.2 Å². The van der Waals surface area contributed by atoms with Crippen molar-refractivity contribution in [3.05, 3.63) is 0 Å². The summed E-state index contributed by atoms with van der Waals surface area (Å²) in [6, 6.07) is -0.884. The third-order valence-corrected chi connectivity index (χ3v) is 3.58. The summed E-state index contributed by atoms with van der Waals surface area (Å²) in [6.07, 6.45) is -3.14. The minimum Gasteiger partial charge on any atom is -0.458 e. The molecular formula is C13H16Cl3NO7. The molecule has 1 amide bonds. The maximum Gasteiger partial charge on any atom is 0.303 e. The number of hydrogen-bond acceptors (Lipinski definition) is 7. The Balaban J connectivity index is 3.06. The average Bonchev–Trinajstić information content (AvgIpc) is 2.65. The highest BCUT2D eigenvalue weighted by Crippen LogP contribution is 2.32. The molecule has 0 aromatic heterocycles. The highest BCUT2D eigenvalue weighted by molar-refractivity contribution is 6.76. The number of rotatable bonds is 4. The summed E-state index contributed by atoms with van der Waals surface area (Å²) in [5.74, 6) is -2.96. The Morgan fingerprint density at radius 1 is 0.875 bits per heavy atom. The van der Waals surface area contributed by atoms with Crippen LogP contribution in [-0.4, -0.2) is 52.0 Å². The van der Waals surface area contributed by atoms with Crippen LogP contribution < -0.4 is 5.32 Å². The van der Waals surface area contributed by atoms with Crippen molar-refractivity contribution in [2.24, 2.45) is 0 Å². The lowest BCUT2D eigenvalue weighted by atomic mass is 10.2. The van der Waals surface area contributed by atoms with E-state index in [-0.39, 0.29) is 6.42 Å². The van der Waals surface area contributed by atoms with Gasteiger partial charge in [-0.2, -0.15) is 0 Å². The topological polar surface area (TPSA) is 108 Å². The summed E-state index contributed by atoms with van der Waals surface area (Å²) in [5, 5.41) is 2.39. The molecule has 136 valence electrons. The number of amides is 1. The van der Waals surface area contributed by atoms with E-state index in [0.29, 0.717) is 0 Å². The molecule has 1 N–H and O–H groups in total. The van der Waals surface area contributed by atoms with Crippen molar-refractivity contribution in [3.8, 4) is 0 Å². The maximum absolute atomic E-state index is 11.8. The fourth-order valence-electron chi connectivity index (χ4n) is 2.35. The monoisotopic (exact) mass is 403 g/mol. The summed E-state index contributed by atoms with van der Waals surface area (Å²) in [5.41, 5.74) is 0. The van der Waals surface area contributed by atoms with E-state index in [0.717, 1.165) is 13.8 Å². The first-order valence-electron chi connectivity index (χ1n) is 6.81. The smallest absolute Gasteiger partial charge is 0.303 e. The summed E-state index contributed by atoms with van der Waals surface area (Å²) in [6.45, 7) is 3.44. The van der Waals surface area contributed by atoms with Crippen molar-refractivity contribution in [2.75, 3.05) is 0 Å². The summed E-state index contributed by atoms with van der Waals surface area (Å²) in [7, 11) is 0. The van der Waals surface area contributed by atoms with Crippen molar-refractivity contribution < 1.29 is 33.4 Å². The van der Waals surface area contributed by atoms with Crippen molar-refractivity contribution >= 4 is 58.6 Å². The fourth-order valence-corrected chi connectivity index (χ4v) is 2.52. The molecule has 1 rings (SSSR count). The van der Waals surface area contributed by atoms with Crippen molar-refractivity contribution in [3.63, 3.8) is 0 Å². The van der Waals surface area contributed by atoms with Crippen LogP contribution in [-0.2, 0) is 33.4 Å². The fraction of sp³-hybridized carbons (Fsp3) is 0.692. The third-order valence-electron chi connectivity index (χ3n) is 3.07. The Kier molecular flexibility index (Phi) is 7.12. The predicted molar refractivity (Wildman–Crippen MR) is 83.5 cm³/mol. The van der Waals surface area contributed by atoms with Crippen LogP contribution in [0.15, 0.2) is 0 Å². The van der Waals surface area contributed by atoms with Crippen LogP contribution in [0, 0.1) is 0 Å². The quantitative estimate of drug-likeness (QED) is 0.424. The second-order valence-electron chi connectivity index (χ2n) is 5.11. The molecule has 1 fully saturated rings. The molecule has 0 unspecified atom stereocenters. The minimum absolute atomic E-state index is 0.00194. The van der Waals surface area contributed by atoms with Gasteiger partial charge < -0.3 is 19.5 Å². The van der Waals surface area contributed by atoms with Gasteiger partial charge in [-0.05, 0) is 0 Å². The molecule has 1 aliphatic rings. The standard InChI is InChI=1S/C13H16Cl3NO7/c1-5(18)22-9-4-8(17-12(21)13(14,15)16)10(23-6(2)19)11(9)24-7(3)20/h8-11H,4H2,1-3H3,(H,17,21)/t8-,9+,10-,11+/m1/s1. The molecule has 0 spiro atoms. The summed E-state index contributed by atoms with van der Waals surface area (Å²) in [4.78, 5) is 45.7. The van der Waals surface area contributed by atoms with E-state index < -0.39 is 52.0 Å². The molecule has 0 heterocycles. The number of esters is 3. The lowest BCUT2D eigenvalue weighted by Gasteiger charge is -2.26. The number of ether oxygens (including phenoxy) is 3. The van der Waals surface area contributed by atoms with E-state index in [1.54, 1.807) is 0 Å². The van der Waals surface area contributed by atoms with Crippen molar-refractivity contribution in [2.45, 2.75) is 55.3 Å². The van der Waals surface area contributed by atoms with Crippen LogP contribution in [0.4, 0.5) is 0 Å². The molecule has 24 heavy (non-hydrogen) atoms. The molecule has 0 saturated heterocycles. The molecule has 4 atom stereocenters. The Labute approximate surface area is 153 Å². The zero-order chi connectivity index (χ0) is 18.7. The normalized spacial score (nSPS) is 26.4. The largest absolute Gasteiger partial charge is 0.458 e. The van der Waals surface area contributed by atoms with Crippen LogP contribution >= 0.6 is 34.8 Å². The van der Waals surface area contributed by atoms with E-state index in [9.17, 15) is 19.2 Å². The van der Waals surface area contributed by atoms with E-state index in [1.165, 1.54) is 6.92 Å². The molecule has 0 radical (unpaired) electrons. The molecular weight excluding hydrogens is 389 g/mol. The summed E-state index contributed by atoms with van der Waals surface area (Å²) < 4.78 is 13.0. The zero-order valence-electron chi connectivity index (χ0n) is 13.0. The first kappa shape index (κ1) is 20.8. The van der Waals surface area contributed by atoms with Gasteiger partial charge in [-0.25, -0.2) is 0 Å². The minimum atomic E-state index is -2.24. The van der Waals surface area contributed by atoms with Gasteiger partial charge in [0.2, 0.25) is 0 Å². The van der Waals surface area contributed by atoms with E-state index in [1.807, 2.05) is 0 Å². The molecule has 11 heteroatoms. The second-order valence-corrected chi connectivity index (χ2v) is 7.39. The van der Waals surface area contributed by atoms with E-state index >= 15 is 0 Å². The first-order chi connectivity index (χ1) is 10.9. The number of alkyl halides is 3. The highest BCUT2D eigenvalue weighted by atomic mass is 35.6. The number of hydrogen-bond donors (Lipinski definition) is 1. The molecule has 0 aliphatic heterocycles. The Morgan fingerprint density at radius 2 is 1.33 bits per heavy atom. The Bertz CT molecular complexity index is 534. The molecule has 0 aromatic carbocycles. The lowest BCUT2D eigenvalue weighted by Crippen LogP contribution is -2.49. The maximum atomic E-state index is 11.8. The van der Waals surface area contributed by atoms with Crippen LogP contribution in [0.2, 0.25) is 0 Å². The van der Waals surface area contributed by atoms with Crippen molar-refractivity contribution in [1.29, 1.82) is 0 Å². The van der Waals surface area contributed by atoms with Gasteiger partial charge in [0, 0.05) is 27.2 Å². The Morgan fingerprint density at radius 3 is 1.75 bits per heavy atom. The predicted octanol–water partition coefficient (Wildman–Crippen LogP) is 1.04. The number of halogens is 3. The van der Waals surface area contributed by atoms with E-state index in [2.05, 4.69) is 5.32 Å². The molecule has 0 aromatic rings. The van der Waals surface area contributed by atoms with Crippen molar-refractivity contribution in [1.82, 2.24) is 5.32 Å². The molecule has 8 nitrogen and oxygen atoms in total. The van der Waals surface area contributed by atoms with Crippen LogP contribution in [0.25, 0.3) is 0 Å². The van der Waals surface area contributed by atoms with Gasteiger partial charge >= 0.3 is 17.9 Å². The van der Waals surface area contributed by atoms with Gasteiger partial charge in [-0.1, -0.05) is 34.8 Å². The van der Waals surface area contributed by atoms with Gasteiger partial charge in [0.1, 0.15) is 6.10 Å². The average molecular weight is 405 g/mol. The third kappa shape index (κ3) is 5.99. The van der Waals surface area contributed by atoms with Crippen LogP contribution in [0.3, 0.4) is 0 Å². The van der Waals surface area contributed by atoms with Gasteiger partial charge in [-0.15, -0.1) is 0 Å². The number of carbonyl (C=O) groups is 4. The van der Waals surface area contributed by atoms with Crippen LogP contribution in [0.5, 0.6) is 0 Å². The Hall–Kier alpha value is -1.25. The van der Waals surface area contributed by atoms with Crippen LogP contribution in [0.1, 0.15) is 27.2 Å². The second kappa shape index (κ2) is 8.22. The number of nitrogens with one attached hydrogen (secondary N) is 1.